The van der Waals surface area contributed by atoms with E-state index < -0.39 is 6.10 Å². The van der Waals surface area contributed by atoms with Crippen LogP contribution in [0.5, 0.6) is 5.75 Å². The number of aliphatic hydroxyl groups excluding tert-OH is 1. The fraction of sp³-hybridized carbons (Fsp3) is 0.414. The number of nitrogens with zero attached hydrogens (tertiary/aromatic N) is 5. The first kappa shape index (κ1) is 30.9. The van der Waals surface area contributed by atoms with Gasteiger partial charge in [-0.3, -0.25) is 4.79 Å². The van der Waals surface area contributed by atoms with E-state index in [0.717, 1.165) is 16.7 Å². The van der Waals surface area contributed by atoms with E-state index in [4.69, 9.17) is 36.2 Å². The van der Waals surface area contributed by atoms with Crippen LogP contribution < -0.4 is 20.3 Å². The summed E-state index contributed by atoms with van der Waals surface area (Å²) in [6.45, 7) is 7.01. The van der Waals surface area contributed by atoms with Crippen LogP contribution in [0.2, 0.25) is 5.02 Å². The van der Waals surface area contributed by atoms with E-state index in [1.54, 1.807) is 45.5 Å². The third kappa shape index (κ3) is 6.89. The predicted octanol–water partition coefficient (Wildman–Crippen LogP) is 2.74. The highest BCUT2D eigenvalue weighted by atomic mass is 35.5. The van der Waals surface area contributed by atoms with Gasteiger partial charge in [-0.15, -0.1) is 0 Å². The maximum atomic E-state index is 12.0. The molecular formula is C29H37ClN8O4. The van der Waals surface area contributed by atoms with Crippen LogP contribution in [-0.4, -0.2) is 96.8 Å². The second-order valence-corrected chi connectivity index (χ2v) is 10.8. The molecule has 1 amide bonds. The predicted molar refractivity (Wildman–Crippen MR) is 162 cm³/mol. The minimum Gasteiger partial charge on any atom is -0.491 e. The van der Waals surface area contributed by atoms with Gasteiger partial charge >= 0.3 is 0 Å². The number of ether oxygens (including phenoxy) is 1. The largest absolute Gasteiger partial charge is 0.491 e. The molecule has 1 saturated heterocycles. The Morgan fingerprint density at radius 1 is 1.29 bits per heavy atom. The normalized spacial score (nSPS) is 14.9. The summed E-state index contributed by atoms with van der Waals surface area (Å²) in [7, 11) is 5.16. The van der Waals surface area contributed by atoms with Gasteiger partial charge in [0.05, 0.1) is 40.8 Å². The molecule has 1 fully saturated rings. The third-order valence-electron chi connectivity index (χ3n) is 6.88. The van der Waals surface area contributed by atoms with Crippen LogP contribution in [0.15, 0.2) is 34.5 Å². The van der Waals surface area contributed by atoms with Gasteiger partial charge in [-0.25, -0.2) is 9.97 Å². The van der Waals surface area contributed by atoms with Gasteiger partial charge in [-0.05, 0) is 46.0 Å². The first-order chi connectivity index (χ1) is 20.0. The van der Waals surface area contributed by atoms with Crippen molar-refractivity contribution in [2.24, 2.45) is 0 Å². The Labute approximate surface area is 250 Å². The van der Waals surface area contributed by atoms with Crippen LogP contribution in [0.1, 0.15) is 17.0 Å². The molecule has 224 valence electrons. The van der Waals surface area contributed by atoms with Crippen molar-refractivity contribution in [1.29, 1.82) is 5.41 Å². The number of aryl methyl sites for hydroxylation is 2. The number of carbonyl (C=O) groups excluding carboxylic acids is 1. The Bertz CT molecular complexity index is 1480. The van der Waals surface area contributed by atoms with Crippen LogP contribution in [0.4, 0.5) is 5.82 Å². The molecule has 4 rings (SSSR count). The Morgan fingerprint density at radius 3 is 2.71 bits per heavy atom. The van der Waals surface area contributed by atoms with Gasteiger partial charge in [-0.1, -0.05) is 16.8 Å². The highest BCUT2D eigenvalue weighted by Gasteiger charge is 2.28. The summed E-state index contributed by atoms with van der Waals surface area (Å²) in [4.78, 5) is 25.3. The second-order valence-electron chi connectivity index (χ2n) is 10.4. The number of nitrogens with one attached hydrogen (secondary N) is 3. The maximum absolute atomic E-state index is 12.0. The lowest BCUT2D eigenvalue weighted by Gasteiger charge is -2.21. The molecule has 12 nitrogen and oxygen atoms in total. The first-order valence-corrected chi connectivity index (χ1v) is 13.9. The lowest BCUT2D eigenvalue weighted by Crippen LogP contribution is -2.31. The van der Waals surface area contributed by atoms with E-state index in [9.17, 15) is 9.90 Å². The van der Waals surface area contributed by atoms with Crippen molar-refractivity contribution in [3.63, 3.8) is 0 Å². The minimum atomic E-state index is -0.675. The number of hydrogen-bond donors (Lipinski definition) is 4. The van der Waals surface area contributed by atoms with Gasteiger partial charge in [0.1, 0.15) is 30.0 Å². The molecule has 1 aromatic carbocycles. The first-order valence-electron chi connectivity index (χ1n) is 13.5. The van der Waals surface area contributed by atoms with Crippen LogP contribution in [-0.2, 0) is 4.79 Å². The molecular weight excluding hydrogens is 560 g/mol. The van der Waals surface area contributed by atoms with Gasteiger partial charge in [0, 0.05) is 50.1 Å². The van der Waals surface area contributed by atoms with Crippen LogP contribution in [0.3, 0.4) is 0 Å². The number of rotatable bonds is 11. The number of likely N-dealkylation sites (N-methyl/N-ethyl adjacent to an activating group) is 2. The van der Waals surface area contributed by atoms with E-state index in [1.165, 1.54) is 4.90 Å². The quantitative estimate of drug-likeness (QED) is 0.260. The van der Waals surface area contributed by atoms with Gasteiger partial charge in [-0.2, -0.15) is 0 Å². The van der Waals surface area contributed by atoms with Crippen molar-refractivity contribution in [3.8, 4) is 28.4 Å². The molecule has 3 aromatic rings. The van der Waals surface area contributed by atoms with Gasteiger partial charge in [0.15, 0.2) is 5.82 Å². The Kier molecular flexibility index (Phi) is 9.81. The third-order valence-corrected chi connectivity index (χ3v) is 7.21. The summed E-state index contributed by atoms with van der Waals surface area (Å²) in [5.74, 6) is 2.08. The molecule has 0 unspecified atom stereocenters. The molecule has 0 spiro atoms. The van der Waals surface area contributed by atoms with E-state index >= 15 is 0 Å². The van der Waals surface area contributed by atoms with E-state index in [1.807, 2.05) is 25.7 Å². The molecule has 13 heteroatoms. The number of aliphatic hydroxyl groups is 1. The number of halogens is 1. The SMILES string of the molecule is CNC[C@@H](O)COc1ccc(Cl)c(-c2nc(-c3c(C)noc3C)c(C)c(N3CC(=N)/C(=C\NCC(=O)N(C)C)C3)n2)c1. The van der Waals surface area contributed by atoms with E-state index in [2.05, 4.69) is 15.8 Å². The van der Waals surface area contributed by atoms with Crippen LogP contribution >= 0.6 is 11.6 Å². The molecule has 4 N–H and O–H groups in total. The summed E-state index contributed by atoms with van der Waals surface area (Å²) in [5, 5.41) is 29.2. The minimum absolute atomic E-state index is 0.0618. The van der Waals surface area contributed by atoms with Crippen molar-refractivity contribution in [1.82, 2.24) is 30.7 Å². The molecule has 1 aliphatic rings. The molecule has 2 aromatic heterocycles. The molecule has 42 heavy (non-hydrogen) atoms. The van der Waals surface area contributed by atoms with Gasteiger partial charge in [0.2, 0.25) is 5.91 Å². The van der Waals surface area contributed by atoms with E-state index in [0.29, 0.717) is 70.5 Å². The van der Waals surface area contributed by atoms with Crippen molar-refractivity contribution >= 4 is 29.0 Å². The average Bonchev–Trinajstić information content (AvgIpc) is 3.48. The summed E-state index contributed by atoms with van der Waals surface area (Å²) in [5.41, 5.74) is 4.65. The Morgan fingerprint density at radius 2 is 2.05 bits per heavy atom. The molecule has 0 saturated carbocycles. The molecule has 0 aliphatic carbocycles. The van der Waals surface area contributed by atoms with Crippen molar-refractivity contribution in [2.45, 2.75) is 26.9 Å². The maximum Gasteiger partial charge on any atom is 0.241 e. The topological polar surface area (TPSA) is 153 Å². The summed E-state index contributed by atoms with van der Waals surface area (Å²) < 4.78 is 11.3. The van der Waals surface area contributed by atoms with Crippen LogP contribution in [0.25, 0.3) is 22.6 Å². The lowest BCUT2D eigenvalue weighted by atomic mass is 10.0. The smallest absolute Gasteiger partial charge is 0.241 e. The number of benzene rings is 1. The number of anilines is 1. The lowest BCUT2D eigenvalue weighted by molar-refractivity contribution is -0.127. The fourth-order valence-corrected chi connectivity index (χ4v) is 4.80. The second kappa shape index (κ2) is 13.3. The van der Waals surface area contributed by atoms with Crippen molar-refractivity contribution in [2.75, 3.05) is 58.8 Å². The molecule has 1 aliphatic heterocycles. The zero-order valence-electron chi connectivity index (χ0n) is 24.7. The Hall–Kier alpha value is -4.00. The van der Waals surface area contributed by atoms with Crippen molar-refractivity contribution in [3.05, 3.63) is 52.0 Å². The van der Waals surface area contributed by atoms with Crippen LogP contribution in [0, 0.1) is 26.2 Å². The van der Waals surface area contributed by atoms with Gasteiger partial charge < -0.3 is 40.2 Å². The highest BCUT2D eigenvalue weighted by Crippen LogP contribution is 2.37. The van der Waals surface area contributed by atoms with E-state index in [-0.39, 0.29) is 19.1 Å². The molecule has 0 radical (unpaired) electrons. The fourth-order valence-electron chi connectivity index (χ4n) is 4.60. The number of amides is 1. The summed E-state index contributed by atoms with van der Waals surface area (Å²) in [6, 6.07) is 5.19. The number of hydrogen-bond acceptors (Lipinski definition) is 11. The zero-order chi connectivity index (χ0) is 30.6. The molecule has 1 atom stereocenters. The van der Waals surface area contributed by atoms with Crippen molar-refractivity contribution < 1.29 is 19.2 Å². The van der Waals surface area contributed by atoms with Gasteiger partial charge in [0.25, 0.3) is 0 Å². The Balaban J connectivity index is 1.74. The number of carbonyl (C=O) groups is 1. The highest BCUT2D eigenvalue weighted by molar-refractivity contribution is 6.33. The number of aromatic nitrogens is 3. The molecule has 0 bridgehead atoms. The summed E-state index contributed by atoms with van der Waals surface area (Å²) >= 11 is 6.66. The standard InChI is InChI=1S/C29H37ClN8O4/c1-16-27(26-17(2)36-42-18(26)3)34-28(22-9-21(7-8-23(22)30)41-15-20(39)11-32-4)35-29(16)38-13-19(24(31)14-38)10-33-12-25(40)37(5)6/h7-10,20,31-33,39H,11-15H2,1-6H3/b19-10-,31-24?/t20-/m1/s1. The molecule has 3 heterocycles. The summed E-state index contributed by atoms with van der Waals surface area (Å²) in [6.07, 6.45) is 1.04. The zero-order valence-corrected chi connectivity index (χ0v) is 25.5. The monoisotopic (exact) mass is 596 g/mol. The average molecular weight is 597 g/mol.